The Hall–Kier alpha value is -2.07. The van der Waals surface area contributed by atoms with Crippen LogP contribution in [-0.2, 0) is 6.42 Å². The van der Waals surface area contributed by atoms with Gasteiger partial charge in [0, 0.05) is 24.1 Å². The van der Waals surface area contributed by atoms with Gasteiger partial charge in [-0.05, 0) is 30.7 Å². The van der Waals surface area contributed by atoms with Gasteiger partial charge in [0.2, 0.25) is 0 Å². The van der Waals surface area contributed by atoms with Gasteiger partial charge in [-0.3, -0.25) is 0 Å². The van der Waals surface area contributed by atoms with Crippen LogP contribution < -0.4 is 15.2 Å². The maximum atomic E-state index is 13.8. The van der Waals surface area contributed by atoms with Crippen LogP contribution in [0.5, 0.6) is 11.5 Å². The van der Waals surface area contributed by atoms with Crippen LogP contribution in [0.15, 0.2) is 42.5 Å². The minimum atomic E-state index is -0.327. The minimum Gasteiger partial charge on any atom is -0.497 e. The number of benzene rings is 2. The molecule has 2 rings (SSSR count). The van der Waals surface area contributed by atoms with Crippen molar-refractivity contribution in [2.24, 2.45) is 5.73 Å². The molecule has 0 bridgehead atoms. The second kappa shape index (κ2) is 7.09. The summed E-state index contributed by atoms with van der Waals surface area (Å²) < 4.78 is 24.4. The SMILES string of the molecule is COc1ccc(CCOc2ccc([C@H](C)N)c(F)c2)cc1. The molecule has 0 aliphatic heterocycles. The molecule has 0 aromatic heterocycles. The maximum absolute atomic E-state index is 13.8. The van der Waals surface area contributed by atoms with Crippen molar-refractivity contribution in [1.82, 2.24) is 0 Å². The fourth-order valence-corrected chi connectivity index (χ4v) is 2.05. The number of halogens is 1. The Morgan fingerprint density at radius 1 is 1.10 bits per heavy atom. The zero-order valence-corrected chi connectivity index (χ0v) is 12.3. The predicted octanol–water partition coefficient (Wildman–Crippen LogP) is 3.48. The minimum absolute atomic E-state index is 0.321. The van der Waals surface area contributed by atoms with Gasteiger partial charge in [-0.15, -0.1) is 0 Å². The molecule has 0 heterocycles. The Labute approximate surface area is 124 Å². The molecule has 0 aliphatic rings. The van der Waals surface area contributed by atoms with Crippen molar-refractivity contribution in [3.63, 3.8) is 0 Å². The molecule has 0 saturated heterocycles. The Bertz CT molecular complexity index is 582. The number of ether oxygens (including phenoxy) is 2. The van der Waals surface area contributed by atoms with E-state index in [0.29, 0.717) is 17.9 Å². The zero-order chi connectivity index (χ0) is 15.2. The molecule has 3 nitrogen and oxygen atoms in total. The summed E-state index contributed by atoms with van der Waals surface area (Å²) in [6.45, 7) is 2.24. The van der Waals surface area contributed by atoms with E-state index in [4.69, 9.17) is 15.2 Å². The third-order valence-electron chi connectivity index (χ3n) is 3.28. The fraction of sp³-hybridized carbons (Fsp3) is 0.294. The summed E-state index contributed by atoms with van der Waals surface area (Å²) in [4.78, 5) is 0. The van der Waals surface area contributed by atoms with E-state index < -0.39 is 0 Å². The quantitative estimate of drug-likeness (QED) is 0.885. The lowest BCUT2D eigenvalue weighted by atomic mass is 10.1. The van der Waals surface area contributed by atoms with Gasteiger partial charge in [0.15, 0.2) is 0 Å². The average molecular weight is 289 g/mol. The van der Waals surface area contributed by atoms with Gasteiger partial charge in [0.05, 0.1) is 13.7 Å². The topological polar surface area (TPSA) is 44.5 Å². The highest BCUT2D eigenvalue weighted by atomic mass is 19.1. The number of hydrogen-bond donors (Lipinski definition) is 1. The smallest absolute Gasteiger partial charge is 0.131 e. The van der Waals surface area contributed by atoms with E-state index in [0.717, 1.165) is 17.7 Å². The summed E-state index contributed by atoms with van der Waals surface area (Å²) in [6.07, 6.45) is 0.751. The van der Waals surface area contributed by atoms with Crippen LogP contribution in [-0.4, -0.2) is 13.7 Å². The molecular weight excluding hydrogens is 269 g/mol. The van der Waals surface area contributed by atoms with Crippen LogP contribution in [0.3, 0.4) is 0 Å². The number of rotatable bonds is 6. The van der Waals surface area contributed by atoms with Crippen molar-refractivity contribution in [2.75, 3.05) is 13.7 Å². The third kappa shape index (κ3) is 4.20. The molecule has 0 unspecified atom stereocenters. The molecule has 21 heavy (non-hydrogen) atoms. The second-order valence-electron chi connectivity index (χ2n) is 4.92. The van der Waals surface area contributed by atoms with Crippen LogP contribution in [0.25, 0.3) is 0 Å². The Balaban J connectivity index is 1.89. The first-order valence-corrected chi connectivity index (χ1v) is 6.91. The average Bonchev–Trinajstić information content (AvgIpc) is 2.47. The first-order chi connectivity index (χ1) is 10.1. The van der Waals surface area contributed by atoms with Gasteiger partial charge in [-0.25, -0.2) is 4.39 Å². The molecule has 4 heteroatoms. The molecule has 1 atom stereocenters. The van der Waals surface area contributed by atoms with Gasteiger partial charge >= 0.3 is 0 Å². The van der Waals surface area contributed by atoms with Gasteiger partial charge in [0.1, 0.15) is 17.3 Å². The molecule has 2 aromatic carbocycles. The van der Waals surface area contributed by atoms with Gasteiger partial charge in [0.25, 0.3) is 0 Å². The molecule has 112 valence electrons. The Morgan fingerprint density at radius 3 is 2.33 bits per heavy atom. The Morgan fingerprint density at radius 2 is 1.76 bits per heavy atom. The third-order valence-corrected chi connectivity index (χ3v) is 3.28. The maximum Gasteiger partial charge on any atom is 0.131 e. The lowest BCUT2D eigenvalue weighted by Crippen LogP contribution is -2.08. The monoisotopic (exact) mass is 289 g/mol. The van der Waals surface area contributed by atoms with Gasteiger partial charge < -0.3 is 15.2 Å². The first-order valence-electron chi connectivity index (χ1n) is 6.91. The van der Waals surface area contributed by atoms with Crippen molar-refractivity contribution >= 4 is 0 Å². The van der Waals surface area contributed by atoms with Crippen LogP contribution in [0.4, 0.5) is 4.39 Å². The lowest BCUT2D eigenvalue weighted by Gasteiger charge is -2.10. The summed E-state index contributed by atoms with van der Waals surface area (Å²) >= 11 is 0. The number of methoxy groups -OCH3 is 1. The molecule has 2 aromatic rings. The van der Waals surface area contributed by atoms with Crippen LogP contribution in [0.1, 0.15) is 24.1 Å². The van der Waals surface area contributed by atoms with E-state index >= 15 is 0 Å². The zero-order valence-electron chi connectivity index (χ0n) is 12.3. The van der Waals surface area contributed by atoms with Crippen molar-refractivity contribution in [1.29, 1.82) is 0 Å². The second-order valence-corrected chi connectivity index (χ2v) is 4.92. The Kier molecular flexibility index (Phi) is 5.17. The van der Waals surface area contributed by atoms with E-state index in [-0.39, 0.29) is 11.9 Å². The largest absolute Gasteiger partial charge is 0.497 e. The molecule has 0 radical (unpaired) electrons. The van der Waals surface area contributed by atoms with Crippen LogP contribution >= 0.6 is 0 Å². The molecular formula is C17H20FNO2. The van der Waals surface area contributed by atoms with Crippen molar-refractivity contribution in [2.45, 2.75) is 19.4 Å². The summed E-state index contributed by atoms with van der Waals surface area (Å²) in [5.74, 6) is 1.02. The molecule has 0 amide bonds. The number of nitrogens with two attached hydrogens (primary N) is 1. The molecule has 0 aliphatic carbocycles. The molecule has 0 saturated carbocycles. The van der Waals surface area contributed by atoms with Crippen LogP contribution in [0.2, 0.25) is 0 Å². The van der Waals surface area contributed by atoms with E-state index in [2.05, 4.69) is 0 Å². The fourth-order valence-electron chi connectivity index (χ4n) is 2.05. The lowest BCUT2D eigenvalue weighted by molar-refractivity contribution is 0.320. The predicted molar refractivity (Wildman–Crippen MR) is 81.2 cm³/mol. The van der Waals surface area contributed by atoms with E-state index in [9.17, 15) is 4.39 Å². The van der Waals surface area contributed by atoms with Crippen molar-refractivity contribution in [3.05, 3.63) is 59.4 Å². The summed E-state index contributed by atoms with van der Waals surface area (Å²) in [6, 6.07) is 12.3. The highest BCUT2D eigenvalue weighted by molar-refractivity contribution is 5.31. The van der Waals surface area contributed by atoms with Crippen molar-refractivity contribution < 1.29 is 13.9 Å². The highest BCUT2D eigenvalue weighted by Gasteiger charge is 2.08. The van der Waals surface area contributed by atoms with Crippen LogP contribution in [0, 0.1) is 5.82 Å². The normalized spacial score (nSPS) is 12.0. The van der Waals surface area contributed by atoms with E-state index in [1.807, 2.05) is 24.3 Å². The first kappa shape index (κ1) is 15.3. The summed E-state index contributed by atoms with van der Waals surface area (Å²) in [7, 11) is 1.64. The summed E-state index contributed by atoms with van der Waals surface area (Å²) in [5.41, 5.74) is 7.31. The molecule has 0 spiro atoms. The van der Waals surface area contributed by atoms with Crippen molar-refractivity contribution in [3.8, 4) is 11.5 Å². The standard InChI is InChI=1S/C17H20FNO2/c1-12(19)16-8-7-15(11-17(16)18)21-10-9-13-3-5-14(20-2)6-4-13/h3-8,11-12H,9-10,19H2,1-2H3/t12-/m0/s1. The highest BCUT2D eigenvalue weighted by Crippen LogP contribution is 2.21. The molecule has 2 N–H and O–H groups in total. The number of hydrogen-bond acceptors (Lipinski definition) is 3. The molecule has 0 fully saturated rings. The van der Waals surface area contributed by atoms with Gasteiger partial charge in [-0.2, -0.15) is 0 Å². The van der Waals surface area contributed by atoms with E-state index in [1.54, 1.807) is 26.2 Å². The summed E-state index contributed by atoms with van der Waals surface area (Å²) in [5, 5.41) is 0. The van der Waals surface area contributed by atoms with Gasteiger partial charge in [-0.1, -0.05) is 18.2 Å². The van der Waals surface area contributed by atoms with E-state index in [1.165, 1.54) is 6.07 Å².